The Hall–Kier alpha value is -3.28. The molecule has 4 aromatic rings. The molecule has 0 atom stereocenters. The highest BCUT2D eigenvalue weighted by atomic mass is 16.5. The molecule has 1 fully saturated rings. The van der Waals surface area contributed by atoms with Crippen molar-refractivity contribution in [3.63, 3.8) is 0 Å². The number of methoxy groups -OCH3 is 1. The molecule has 2 aromatic carbocycles. The number of aryl methyl sites for hydroxylation is 2. The summed E-state index contributed by atoms with van der Waals surface area (Å²) in [4.78, 5) is 9.20. The molecule has 0 unspecified atom stereocenters. The van der Waals surface area contributed by atoms with Gasteiger partial charge in [-0.2, -0.15) is 0 Å². The average Bonchev–Trinajstić information content (AvgIpc) is 3.34. The van der Waals surface area contributed by atoms with E-state index >= 15 is 0 Å². The number of aromatic nitrogens is 3. The Kier molecular flexibility index (Phi) is 4.69. The second-order valence-corrected chi connectivity index (χ2v) is 7.88. The molecular weight excluding hydrogens is 376 g/mol. The van der Waals surface area contributed by atoms with Crippen LogP contribution in [0, 0.1) is 12.8 Å². The van der Waals surface area contributed by atoms with Crippen molar-refractivity contribution in [3.05, 3.63) is 54.3 Å². The predicted octanol–water partition coefficient (Wildman–Crippen LogP) is 5.72. The Balaban J connectivity index is 1.50. The number of nitrogens with one attached hydrogen (secondary N) is 1. The lowest BCUT2D eigenvalue weighted by Crippen LogP contribution is -2.02. The minimum atomic E-state index is 0.634. The van der Waals surface area contributed by atoms with Crippen LogP contribution in [0.4, 0.5) is 11.4 Å². The fourth-order valence-corrected chi connectivity index (χ4v) is 4.00. The number of fused-ring (bicyclic) bond motifs is 1. The van der Waals surface area contributed by atoms with Crippen LogP contribution < -0.4 is 10.1 Å². The zero-order valence-corrected chi connectivity index (χ0v) is 17.6. The third-order valence-electron chi connectivity index (χ3n) is 5.71. The highest BCUT2D eigenvalue weighted by molar-refractivity contribution is 5.91. The van der Waals surface area contributed by atoms with Crippen LogP contribution in [0.15, 0.2) is 47.0 Å². The maximum absolute atomic E-state index is 5.67. The number of hydrogen-bond donors (Lipinski definition) is 1. The quantitative estimate of drug-likeness (QED) is 0.428. The third kappa shape index (κ3) is 3.43. The summed E-state index contributed by atoms with van der Waals surface area (Å²) >= 11 is 0. The zero-order valence-electron chi connectivity index (χ0n) is 17.6. The van der Waals surface area contributed by atoms with Crippen molar-refractivity contribution < 1.29 is 9.15 Å². The van der Waals surface area contributed by atoms with Crippen molar-refractivity contribution in [3.8, 4) is 17.1 Å². The number of oxazole rings is 1. The minimum absolute atomic E-state index is 0.634. The maximum Gasteiger partial charge on any atom is 0.191 e. The van der Waals surface area contributed by atoms with Crippen LogP contribution in [0.5, 0.6) is 5.75 Å². The molecule has 0 saturated heterocycles. The highest BCUT2D eigenvalue weighted by Gasteiger charge is 2.25. The van der Waals surface area contributed by atoms with Gasteiger partial charge in [0.15, 0.2) is 11.7 Å². The Morgan fingerprint density at radius 3 is 2.80 bits per heavy atom. The summed E-state index contributed by atoms with van der Waals surface area (Å²) in [6.07, 6.45) is 5.45. The molecule has 6 heteroatoms. The van der Waals surface area contributed by atoms with Crippen molar-refractivity contribution in [2.75, 3.05) is 12.4 Å². The van der Waals surface area contributed by atoms with Crippen LogP contribution in [-0.2, 0) is 13.0 Å². The molecule has 1 saturated carbocycles. The Morgan fingerprint density at radius 1 is 1.23 bits per heavy atom. The van der Waals surface area contributed by atoms with Gasteiger partial charge in [-0.3, -0.25) is 0 Å². The monoisotopic (exact) mass is 402 g/mol. The SMILES string of the molecule is CCn1c(CC2CC2)nc2c(Nc3ccc(-c4cnc(C)o4)c(OC)c3)cccc21. The van der Waals surface area contributed by atoms with Gasteiger partial charge in [0.05, 0.1) is 30.1 Å². The summed E-state index contributed by atoms with van der Waals surface area (Å²) in [6.45, 7) is 4.95. The van der Waals surface area contributed by atoms with Gasteiger partial charge in [-0.15, -0.1) is 0 Å². The number of anilines is 2. The summed E-state index contributed by atoms with van der Waals surface area (Å²) in [7, 11) is 1.67. The van der Waals surface area contributed by atoms with Crippen LogP contribution >= 0.6 is 0 Å². The molecule has 0 spiro atoms. The maximum atomic E-state index is 5.67. The Bertz CT molecular complexity index is 1200. The van der Waals surface area contributed by atoms with Crippen molar-refractivity contribution in [1.29, 1.82) is 0 Å². The van der Waals surface area contributed by atoms with E-state index in [1.54, 1.807) is 13.3 Å². The van der Waals surface area contributed by atoms with Gasteiger partial charge in [-0.05, 0) is 49.9 Å². The number of benzene rings is 2. The molecule has 1 aliphatic rings. The van der Waals surface area contributed by atoms with Gasteiger partial charge in [0.2, 0.25) is 0 Å². The second kappa shape index (κ2) is 7.52. The number of rotatable bonds is 7. The molecule has 1 N–H and O–H groups in total. The predicted molar refractivity (Wildman–Crippen MR) is 118 cm³/mol. The van der Waals surface area contributed by atoms with Crippen molar-refractivity contribution in [2.45, 2.75) is 39.7 Å². The van der Waals surface area contributed by atoms with Gasteiger partial charge >= 0.3 is 0 Å². The van der Waals surface area contributed by atoms with Crippen LogP contribution in [0.1, 0.15) is 31.5 Å². The van der Waals surface area contributed by atoms with Crippen LogP contribution in [0.3, 0.4) is 0 Å². The van der Waals surface area contributed by atoms with E-state index in [0.29, 0.717) is 11.7 Å². The summed E-state index contributed by atoms with van der Waals surface area (Å²) < 4.78 is 13.6. The number of nitrogens with zero attached hydrogens (tertiary/aromatic N) is 3. The molecule has 0 radical (unpaired) electrons. The molecule has 0 bridgehead atoms. The fraction of sp³-hybridized carbons (Fsp3) is 0.333. The first-order valence-corrected chi connectivity index (χ1v) is 10.5. The lowest BCUT2D eigenvalue weighted by molar-refractivity contribution is 0.414. The lowest BCUT2D eigenvalue weighted by Gasteiger charge is -2.11. The van der Waals surface area contributed by atoms with E-state index in [4.69, 9.17) is 14.1 Å². The molecule has 5 rings (SSSR count). The molecule has 2 aromatic heterocycles. The first-order chi connectivity index (χ1) is 14.7. The zero-order chi connectivity index (χ0) is 20.7. The number of para-hydroxylation sites is 1. The number of ether oxygens (including phenoxy) is 1. The van der Waals surface area contributed by atoms with E-state index in [-0.39, 0.29) is 0 Å². The topological polar surface area (TPSA) is 65.1 Å². The molecule has 0 amide bonds. The summed E-state index contributed by atoms with van der Waals surface area (Å²) in [6, 6.07) is 12.3. The molecular formula is C24H26N4O2. The Labute approximate surface area is 175 Å². The van der Waals surface area contributed by atoms with Gasteiger partial charge in [0.25, 0.3) is 0 Å². The van der Waals surface area contributed by atoms with Gasteiger partial charge in [0.1, 0.15) is 17.1 Å². The second-order valence-electron chi connectivity index (χ2n) is 7.88. The molecule has 6 nitrogen and oxygen atoms in total. The van der Waals surface area contributed by atoms with Crippen molar-refractivity contribution in [1.82, 2.24) is 14.5 Å². The highest BCUT2D eigenvalue weighted by Crippen LogP contribution is 2.36. The van der Waals surface area contributed by atoms with Gasteiger partial charge in [-0.25, -0.2) is 9.97 Å². The summed E-state index contributed by atoms with van der Waals surface area (Å²) in [5.74, 6) is 4.06. The van der Waals surface area contributed by atoms with E-state index in [1.807, 2.05) is 25.1 Å². The molecule has 30 heavy (non-hydrogen) atoms. The van der Waals surface area contributed by atoms with Crippen LogP contribution in [0.2, 0.25) is 0 Å². The normalized spacial score (nSPS) is 13.7. The molecule has 154 valence electrons. The summed E-state index contributed by atoms with van der Waals surface area (Å²) in [5.41, 5.74) is 5.02. The largest absolute Gasteiger partial charge is 0.496 e. The third-order valence-corrected chi connectivity index (χ3v) is 5.71. The van der Waals surface area contributed by atoms with Gasteiger partial charge in [-0.1, -0.05) is 6.07 Å². The molecule has 1 aliphatic carbocycles. The van der Waals surface area contributed by atoms with E-state index in [0.717, 1.165) is 47.1 Å². The first-order valence-electron chi connectivity index (χ1n) is 10.5. The summed E-state index contributed by atoms with van der Waals surface area (Å²) in [5, 5.41) is 3.54. The van der Waals surface area contributed by atoms with E-state index in [9.17, 15) is 0 Å². The lowest BCUT2D eigenvalue weighted by atomic mass is 10.1. The molecule has 2 heterocycles. The van der Waals surface area contributed by atoms with Gasteiger partial charge in [0, 0.05) is 31.6 Å². The number of imidazole rings is 1. The van der Waals surface area contributed by atoms with Crippen molar-refractivity contribution >= 4 is 22.4 Å². The average molecular weight is 402 g/mol. The van der Waals surface area contributed by atoms with E-state index < -0.39 is 0 Å². The van der Waals surface area contributed by atoms with Crippen LogP contribution in [-0.4, -0.2) is 21.6 Å². The Morgan fingerprint density at radius 2 is 2.10 bits per heavy atom. The minimum Gasteiger partial charge on any atom is -0.496 e. The molecule has 0 aliphatic heterocycles. The fourth-order valence-electron chi connectivity index (χ4n) is 4.00. The van der Waals surface area contributed by atoms with E-state index in [1.165, 1.54) is 24.2 Å². The first kappa shape index (κ1) is 18.7. The number of hydrogen-bond acceptors (Lipinski definition) is 5. The van der Waals surface area contributed by atoms with E-state index in [2.05, 4.69) is 40.0 Å². The smallest absolute Gasteiger partial charge is 0.191 e. The standard InChI is InChI=1S/C24H26N4O2/c1-4-28-20-7-5-6-19(24(20)27-23(28)12-16-8-9-16)26-17-10-11-18(21(13-17)29-3)22-14-25-15(2)30-22/h5-7,10-11,13-14,16,26H,4,8-9,12H2,1-3H3. The van der Waals surface area contributed by atoms with Crippen molar-refractivity contribution in [2.24, 2.45) is 5.92 Å². The van der Waals surface area contributed by atoms with Gasteiger partial charge < -0.3 is 19.0 Å². The van der Waals surface area contributed by atoms with Crippen LogP contribution in [0.25, 0.3) is 22.4 Å².